The van der Waals surface area contributed by atoms with E-state index in [1.54, 1.807) is 11.0 Å². The predicted octanol–water partition coefficient (Wildman–Crippen LogP) is 4.76. The van der Waals surface area contributed by atoms with Gasteiger partial charge in [0.25, 0.3) is 5.91 Å². The van der Waals surface area contributed by atoms with E-state index in [-0.39, 0.29) is 23.2 Å². The molecule has 1 aliphatic carbocycles. The van der Waals surface area contributed by atoms with Gasteiger partial charge in [-0.25, -0.2) is 13.4 Å². The zero-order valence-corrected chi connectivity index (χ0v) is 22.7. The van der Waals surface area contributed by atoms with Crippen LogP contribution in [0.25, 0.3) is 5.65 Å². The zero-order valence-electron chi connectivity index (χ0n) is 20.4. The second-order valence-electron chi connectivity index (χ2n) is 10.3. The average molecular weight is 564 g/mol. The van der Waals surface area contributed by atoms with Gasteiger partial charge in [0.05, 0.1) is 29.2 Å². The normalized spacial score (nSPS) is 23.7. The molecule has 37 heavy (non-hydrogen) atoms. The summed E-state index contributed by atoms with van der Waals surface area (Å²) in [6.07, 6.45) is 7.23. The second kappa shape index (κ2) is 9.32. The van der Waals surface area contributed by atoms with E-state index in [1.165, 1.54) is 31.4 Å². The number of benzene rings is 1. The molecule has 6 rings (SSSR count). The number of aromatic nitrogens is 3. The summed E-state index contributed by atoms with van der Waals surface area (Å²) in [5, 5.41) is 5.73. The molecule has 196 valence electrons. The van der Waals surface area contributed by atoms with Gasteiger partial charge in [0.1, 0.15) is 11.0 Å². The number of halogens is 2. The Hall–Kier alpha value is -2.56. The molecule has 3 atom stereocenters. The molecular formula is C25H28Cl2N6O3S. The molecule has 2 saturated heterocycles. The molecule has 3 aliphatic rings. The quantitative estimate of drug-likeness (QED) is 0.450. The van der Waals surface area contributed by atoms with Crippen molar-refractivity contribution in [1.29, 1.82) is 0 Å². The van der Waals surface area contributed by atoms with Crippen LogP contribution in [0.4, 0.5) is 11.5 Å². The number of carbonyl (C=O) groups excluding carboxylic acids is 1. The number of hydrogen-bond acceptors (Lipinski definition) is 6. The van der Waals surface area contributed by atoms with Gasteiger partial charge in [-0.1, -0.05) is 23.2 Å². The number of sulfonamides is 1. The lowest BCUT2D eigenvalue weighted by molar-refractivity contribution is 0.0607. The minimum Gasteiger partial charge on any atom is -0.353 e. The molecule has 1 amide bonds. The van der Waals surface area contributed by atoms with Gasteiger partial charge >= 0.3 is 0 Å². The van der Waals surface area contributed by atoms with Gasteiger partial charge in [-0.05, 0) is 62.6 Å². The van der Waals surface area contributed by atoms with Crippen LogP contribution in [0.15, 0.2) is 30.3 Å². The van der Waals surface area contributed by atoms with Crippen LogP contribution in [0.2, 0.25) is 10.2 Å². The summed E-state index contributed by atoms with van der Waals surface area (Å²) >= 11 is 12.6. The van der Waals surface area contributed by atoms with E-state index >= 15 is 0 Å². The Balaban J connectivity index is 1.37. The molecular weight excluding hydrogens is 535 g/mol. The molecule has 1 saturated carbocycles. The maximum Gasteiger partial charge on any atom is 0.256 e. The van der Waals surface area contributed by atoms with E-state index in [9.17, 15) is 13.2 Å². The monoisotopic (exact) mass is 562 g/mol. The van der Waals surface area contributed by atoms with Gasteiger partial charge in [-0.15, -0.1) is 0 Å². The topological polar surface area (TPSA) is 99.9 Å². The van der Waals surface area contributed by atoms with Gasteiger partial charge < -0.3 is 9.80 Å². The molecule has 2 aromatic heterocycles. The summed E-state index contributed by atoms with van der Waals surface area (Å²) in [5.41, 5.74) is 1.81. The number of likely N-dealkylation sites (tertiary alicyclic amines) is 1. The van der Waals surface area contributed by atoms with Crippen LogP contribution in [0.3, 0.4) is 0 Å². The Morgan fingerprint density at radius 3 is 2.68 bits per heavy atom. The summed E-state index contributed by atoms with van der Waals surface area (Å²) in [6, 6.07) is 8.59. The molecule has 2 aliphatic heterocycles. The van der Waals surface area contributed by atoms with E-state index in [2.05, 4.69) is 14.6 Å². The number of anilines is 2. The average Bonchev–Trinajstić information content (AvgIpc) is 3.59. The molecule has 4 heterocycles. The van der Waals surface area contributed by atoms with Gasteiger partial charge in [0.2, 0.25) is 10.0 Å². The minimum atomic E-state index is -3.59. The first-order chi connectivity index (χ1) is 17.7. The highest BCUT2D eigenvalue weighted by Gasteiger charge is 2.39. The Bertz CT molecular complexity index is 1490. The number of nitrogens with one attached hydrogen (secondary N) is 1. The highest BCUT2D eigenvalue weighted by molar-refractivity contribution is 7.92. The van der Waals surface area contributed by atoms with E-state index < -0.39 is 10.0 Å². The van der Waals surface area contributed by atoms with Gasteiger partial charge in [0, 0.05) is 36.3 Å². The Labute approximate surface area is 225 Å². The summed E-state index contributed by atoms with van der Waals surface area (Å²) in [6.45, 7) is 1.52. The number of amides is 1. The summed E-state index contributed by atoms with van der Waals surface area (Å²) in [7, 11) is -3.59. The van der Waals surface area contributed by atoms with Crippen molar-refractivity contribution in [2.24, 2.45) is 5.92 Å². The Morgan fingerprint density at radius 2 is 1.95 bits per heavy atom. The maximum absolute atomic E-state index is 13.8. The maximum atomic E-state index is 13.8. The molecule has 2 bridgehead atoms. The smallest absolute Gasteiger partial charge is 0.256 e. The molecule has 3 aromatic rings. The van der Waals surface area contributed by atoms with Crippen LogP contribution < -0.4 is 9.62 Å². The van der Waals surface area contributed by atoms with Crippen molar-refractivity contribution in [3.8, 4) is 0 Å². The first-order valence-corrected chi connectivity index (χ1v) is 15.2. The standard InChI is InChI=1S/C25H28Cl2N6O3S/c1-37(35,36)30-19-8-6-16(26)11-18(19)25(34)31-9-3-2-4-21(31)20-12-23-28-22(27)13-24(33(23)29-20)32-14-15-5-7-17(32)10-15/h6,8,11-13,15,17,21,30H,2-5,7,9-10,14H2,1H3/t15-,17+,21-/m0/s1. The van der Waals surface area contributed by atoms with Crippen molar-refractivity contribution in [2.45, 2.75) is 50.6 Å². The van der Waals surface area contributed by atoms with Crippen molar-refractivity contribution in [2.75, 3.05) is 29.0 Å². The van der Waals surface area contributed by atoms with Gasteiger partial charge in [-0.3, -0.25) is 9.52 Å². The third-order valence-electron chi connectivity index (χ3n) is 7.71. The van der Waals surface area contributed by atoms with Gasteiger partial charge in [0.15, 0.2) is 5.65 Å². The minimum absolute atomic E-state index is 0.205. The molecule has 1 aromatic carbocycles. The van der Waals surface area contributed by atoms with E-state index in [4.69, 9.17) is 28.3 Å². The molecule has 12 heteroatoms. The van der Waals surface area contributed by atoms with Crippen LogP contribution in [-0.2, 0) is 10.0 Å². The lowest BCUT2D eigenvalue weighted by Crippen LogP contribution is -2.39. The van der Waals surface area contributed by atoms with Crippen LogP contribution in [0, 0.1) is 5.92 Å². The van der Waals surface area contributed by atoms with Crippen molar-refractivity contribution in [1.82, 2.24) is 19.5 Å². The lowest BCUT2D eigenvalue weighted by Gasteiger charge is -2.35. The molecule has 0 spiro atoms. The van der Waals surface area contributed by atoms with Crippen LogP contribution in [-0.4, -0.2) is 59.2 Å². The number of hydrogen-bond donors (Lipinski definition) is 1. The fourth-order valence-electron chi connectivity index (χ4n) is 6.14. The van der Waals surface area contributed by atoms with Gasteiger partial charge in [-0.2, -0.15) is 9.61 Å². The Kier molecular flexibility index (Phi) is 6.24. The first kappa shape index (κ1) is 24.8. The molecule has 1 N–H and O–H groups in total. The largest absolute Gasteiger partial charge is 0.353 e. The van der Waals surface area contributed by atoms with Crippen LogP contribution in [0.5, 0.6) is 0 Å². The van der Waals surface area contributed by atoms with E-state index in [0.717, 1.165) is 43.6 Å². The molecule has 3 fully saturated rings. The zero-order chi connectivity index (χ0) is 25.9. The third-order valence-corrected chi connectivity index (χ3v) is 8.73. The van der Waals surface area contributed by atoms with Crippen molar-refractivity contribution in [3.63, 3.8) is 0 Å². The number of nitrogens with zero attached hydrogens (tertiary/aromatic N) is 5. The molecule has 0 unspecified atom stereocenters. The van der Waals surface area contributed by atoms with Crippen molar-refractivity contribution < 1.29 is 13.2 Å². The first-order valence-electron chi connectivity index (χ1n) is 12.6. The number of fused-ring (bicyclic) bond motifs is 3. The fraction of sp³-hybridized carbons (Fsp3) is 0.480. The van der Waals surface area contributed by atoms with Crippen molar-refractivity contribution in [3.05, 3.63) is 51.8 Å². The number of piperidine rings is 2. The number of rotatable bonds is 5. The molecule has 9 nitrogen and oxygen atoms in total. The van der Waals surface area contributed by atoms with E-state index in [1.807, 2.05) is 16.6 Å². The fourth-order valence-corrected chi connectivity index (χ4v) is 7.07. The third kappa shape index (κ3) is 4.75. The number of carbonyl (C=O) groups is 1. The summed E-state index contributed by atoms with van der Waals surface area (Å²) in [4.78, 5) is 22.5. The van der Waals surface area contributed by atoms with Crippen LogP contribution >= 0.6 is 23.2 Å². The summed E-state index contributed by atoms with van der Waals surface area (Å²) in [5.74, 6) is 1.36. The highest BCUT2D eigenvalue weighted by atomic mass is 35.5. The highest BCUT2D eigenvalue weighted by Crippen LogP contribution is 2.41. The lowest BCUT2D eigenvalue weighted by atomic mass is 9.98. The summed E-state index contributed by atoms with van der Waals surface area (Å²) < 4.78 is 28.2. The SMILES string of the molecule is CS(=O)(=O)Nc1ccc(Cl)cc1C(=O)N1CCCC[C@H]1c1cc2nc(Cl)cc(N3C[C@H]4CC[C@@H]3C4)n2n1. The molecule has 0 radical (unpaired) electrons. The second-order valence-corrected chi connectivity index (χ2v) is 12.9. The van der Waals surface area contributed by atoms with Crippen LogP contribution in [0.1, 0.15) is 60.6 Å². The van der Waals surface area contributed by atoms with Crippen molar-refractivity contribution >= 4 is 56.3 Å². The Morgan fingerprint density at radius 1 is 1.11 bits per heavy atom. The predicted molar refractivity (Wildman–Crippen MR) is 144 cm³/mol. The van der Waals surface area contributed by atoms with E-state index in [0.29, 0.717) is 34.3 Å².